The quantitative estimate of drug-likeness (QED) is 0.614. The minimum Gasteiger partial charge on any atom is -0.306 e. The highest BCUT2D eigenvalue weighted by molar-refractivity contribution is 7.42. The summed E-state index contributed by atoms with van der Waals surface area (Å²) in [6.45, 7) is 3.26. The van der Waals surface area contributed by atoms with Gasteiger partial charge in [-0.1, -0.05) is 0 Å². The minimum atomic E-state index is -4.69. The van der Waals surface area contributed by atoms with E-state index in [4.69, 9.17) is 9.05 Å². The lowest BCUT2D eigenvalue weighted by Crippen LogP contribution is -2.13. The molecule has 0 aromatic rings. The molecular weight excluding hydrogens is 196 g/mol. The summed E-state index contributed by atoms with van der Waals surface area (Å²) in [5.41, 5.74) is 0. The third-order valence-electron chi connectivity index (χ3n) is 1.34. The molecule has 0 radical (unpaired) electrons. The molecule has 0 aliphatic carbocycles. The summed E-state index contributed by atoms with van der Waals surface area (Å²) in [5.74, 6) is 0. The molecule has 0 N–H and O–H groups in total. The molecule has 0 aromatic carbocycles. The molecule has 0 aromatic heterocycles. The zero-order chi connectivity index (χ0) is 9.35. The van der Waals surface area contributed by atoms with Crippen LogP contribution >= 0.6 is 8.60 Å². The normalized spacial score (nSPS) is 37.2. The van der Waals surface area contributed by atoms with Crippen LogP contribution in [0.4, 0.5) is 13.2 Å². The first-order valence-corrected chi connectivity index (χ1v) is 4.37. The van der Waals surface area contributed by atoms with E-state index in [1.54, 1.807) is 13.8 Å². The fourth-order valence-electron chi connectivity index (χ4n) is 0.595. The Balaban J connectivity index is 2.38. The molecule has 0 amide bonds. The van der Waals surface area contributed by atoms with Crippen molar-refractivity contribution in [3.8, 4) is 0 Å². The smallest absolute Gasteiger partial charge is 0.306 e. The maximum absolute atomic E-state index is 11.6. The van der Waals surface area contributed by atoms with Crippen LogP contribution in [-0.2, 0) is 13.6 Å². The molecule has 12 heavy (non-hydrogen) atoms. The van der Waals surface area contributed by atoms with Gasteiger partial charge in [0.05, 0.1) is 12.2 Å². The molecular formula is C5H8F3O3P. The number of hydrogen-bond acceptors (Lipinski definition) is 3. The van der Waals surface area contributed by atoms with Gasteiger partial charge in [-0.3, -0.25) is 0 Å². The first-order valence-electron chi connectivity index (χ1n) is 3.28. The van der Waals surface area contributed by atoms with Crippen LogP contribution in [0.1, 0.15) is 13.8 Å². The van der Waals surface area contributed by atoms with Crippen LogP contribution in [0.5, 0.6) is 0 Å². The Morgan fingerprint density at radius 2 is 1.58 bits per heavy atom. The first-order chi connectivity index (χ1) is 5.38. The van der Waals surface area contributed by atoms with E-state index in [1.807, 2.05) is 0 Å². The van der Waals surface area contributed by atoms with Crippen LogP contribution in [0.15, 0.2) is 0 Å². The lowest BCUT2D eigenvalue weighted by molar-refractivity contribution is -0.277. The molecule has 1 aliphatic rings. The van der Waals surface area contributed by atoms with Crippen LogP contribution in [0.25, 0.3) is 0 Å². The summed E-state index contributed by atoms with van der Waals surface area (Å²) in [6.07, 6.45) is -5.38. The third kappa shape index (κ3) is 2.86. The summed E-state index contributed by atoms with van der Waals surface area (Å²) in [4.78, 5) is 0. The number of alkyl halides is 3. The lowest BCUT2D eigenvalue weighted by atomic mass is 10.3. The molecule has 2 unspecified atom stereocenters. The van der Waals surface area contributed by atoms with Crippen molar-refractivity contribution in [3.63, 3.8) is 0 Å². The van der Waals surface area contributed by atoms with Crippen LogP contribution in [0, 0.1) is 0 Å². The van der Waals surface area contributed by atoms with Crippen LogP contribution in [-0.4, -0.2) is 18.6 Å². The van der Waals surface area contributed by atoms with Crippen molar-refractivity contribution in [2.45, 2.75) is 32.4 Å². The van der Waals surface area contributed by atoms with Crippen molar-refractivity contribution in [1.82, 2.24) is 0 Å². The summed E-state index contributed by atoms with van der Waals surface area (Å²) >= 11 is 0. The van der Waals surface area contributed by atoms with Gasteiger partial charge < -0.3 is 9.05 Å². The topological polar surface area (TPSA) is 27.7 Å². The van der Waals surface area contributed by atoms with Gasteiger partial charge in [-0.2, -0.15) is 0 Å². The molecule has 2 atom stereocenters. The highest BCUT2D eigenvalue weighted by Gasteiger charge is 2.42. The van der Waals surface area contributed by atoms with Gasteiger partial charge in [0.25, 0.3) is 0 Å². The van der Waals surface area contributed by atoms with E-state index in [0.717, 1.165) is 0 Å². The Morgan fingerprint density at radius 3 is 1.92 bits per heavy atom. The number of halogens is 3. The molecule has 1 fully saturated rings. The Morgan fingerprint density at radius 1 is 1.17 bits per heavy atom. The van der Waals surface area contributed by atoms with Gasteiger partial charge in [0, 0.05) is 0 Å². The zero-order valence-electron chi connectivity index (χ0n) is 6.46. The van der Waals surface area contributed by atoms with E-state index in [0.29, 0.717) is 0 Å². The standard InChI is InChI=1S/C5H8F3O3P/c1-3-4(2)10-12(9-3)11-5(6,7)8/h3-4H,1-2H3. The van der Waals surface area contributed by atoms with Gasteiger partial charge in [0.15, 0.2) is 0 Å². The van der Waals surface area contributed by atoms with Gasteiger partial charge in [-0.05, 0) is 13.8 Å². The fraction of sp³-hybridized carbons (Fsp3) is 1.00. The van der Waals surface area contributed by atoms with E-state index in [2.05, 4.69) is 4.52 Å². The Bertz CT molecular complexity index is 153. The van der Waals surface area contributed by atoms with E-state index < -0.39 is 15.0 Å². The maximum Gasteiger partial charge on any atom is 0.529 e. The van der Waals surface area contributed by atoms with Crippen molar-refractivity contribution in [2.75, 3.05) is 0 Å². The average Bonchev–Trinajstić information content (AvgIpc) is 2.07. The van der Waals surface area contributed by atoms with E-state index in [-0.39, 0.29) is 12.2 Å². The zero-order valence-corrected chi connectivity index (χ0v) is 7.35. The molecule has 1 rings (SSSR count). The van der Waals surface area contributed by atoms with Crippen LogP contribution < -0.4 is 0 Å². The van der Waals surface area contributed by atoms with E-state index >= 15 is 0 Å². The van der Waals surface area contributed by atoms with Gasteiger partial charge in [-0.25, -0.2) is 4.52 Å². The van der Waals surface area contributed by atoms with E-state index in [1.165, 1.54) is 0 Å². The van der Waals surface area contributed by atoms with Gasteiger partial charge in [0.1, 0.15) is 0 Å². The lowest BCUT2D eigenvalue weighted by Gasteiger charge is -2.10. The van der Waals surface area contributed by atoms with Crippen molar-refractivity contribution in [3.05, 3.63) is 0 Å². The molecule has 0 saturated carbocycles. The molecule has 7 heteroatoms. The van der Waals surface area contributed by atoms with E-state index in [9.17, 15) is 13.2 Å². The predicted octanol–water partition coefficient (Wildman–Crippen LogP) is 2.57. The Kier molecular flexibility index (Phi) is 2.93. The Labute approximate surface area is 68.8 Å². The van der Waals surface area contributed by atoms with Gasteiger partial charge >= 0.3 is 15.0 Å². The molecule has 1 aliphatic heterocycles. The Hall–Kier alpha value is 0.100. The predicted molar refractivity (Wildman–Crippen MR) is 35.2 cm³/mol. The van der Waals surface area contributed by atoms with Crippen molar-refractivity contribution in [2.24, 2.45) is 0 Å². The summed E-state index contributed by atoms with van der Waals surface area (Å²) in [5, 5.41) is 0. The SMILES string of the molecule is CC1OP(OC(F)(F)F)OC1C. The van der Waals surface area contributed by atoms with Gasteiger partial charge in [0.2, 0.25) is 0 Å². The van der Waals surface area contributed by atoms with Crippen LogP contribution in [0.2, 0.25) is 0 Å². The molecule has 0 spiro atoms. The number of hydrogen-bond donors (Lipinski definition) is 0. The number of rotatable bonds is 1. The highest BCUT2D eigenvalue weighted by atomic mass is 31.2. The van der Waals surface area contributed by atoms with Crippen LogP contribution in [0.3, 0.4) is 0 Å². The monoisotopic (exact) mass is 204 g/mol. The van der Waals surface area contributed by atoms with Crippen molar-refractivity contribution in [1.29, 1.82) is 0 Å². The summed E-state index contributed by atoms with van der Waals surface area (Å²) in [7, 11) is -2.24. The largest absolute Gasteiger partial charge is 0.529 e. The molecule has 1 heterocycles. The minimum absolute atomic E-state index is 0.349. The van der Waals surface area contributed by atoms with Gasteiger partial charge in [-0.15, -0.1) is 13.2 Å². The maximum atomic E-state index is 11.6. The molecule has 1 saturated heterocycles. The molecule has 0 bridgehead atoms. The summed E-state index contributed by atoms with van der Waals surface area (Å²) in [6, 6.07) is 0. The second kappa shape index (κ2) is 3.46. The molecule has 72 valence electrons. The second-order valence-electron chi connectivity index (χ2n) is 2.38. The average molecular weight is 204 g/mol. The highest BCUT2D eigenvalue weighted by Crippen LogP contribution is 2.52. The summed E-state index contributed by atoms with van der Waals surface area (Å²) < 4.78 is 47.8. The van der Waals surface area contributed by atoms with Crippen molar-refractivity contribution < 1.29 is 26.7 Å². The third-order valence-corrected chi connectivity index (χ3v) is 2.71. The molecule has 3 nitrogen and oxygen atoms in total. The fourth-order valence-corrected chi connectivity index (χ4v) is 1.79. The van der Waals surface area contributed by atoms with Crippen molar-refractivity contribution >= 4 is 8.60 Å². The second-order valence-corrected chi connectivity index (χ2v) is 3.43. The first kappa shape index (κ1) is 10.2.